The summed E-state index contributed by atoms with van der Waals surface area (Å²) in [5.41, 5.74) is 1.07. The Labute approximate surface area is 227 Å². The maximum atomic E-state index is 12.9. The number of anilines is 2. The number of aromatic nitrogens is 2. The van der Waals surface area contributed by atoms with Crippen molar-refractivity contribution in [3.63, 3.8) is 0 Å². The lowest BCUT2D eigenvalue weighted by atomic mass is 10.2. The fraction of sp³-hybridized carbons (Fsp3) is 0.538. The zero-order chi connectivity index (χ0) is 25.8. The lowest BCUT2D eigenvalue weighted by Crippen LogP contribution is -2.49. The number of hydrogen-bond acceptors (Lipinski definition) is 8. The van der Waals surface area contributed by atoms with Crippen LogP contribution < -0.4 is 14.5 Å². The van der Waals surface area contributed by atoms with Gasteiger partial charge in [0.15, 0.2) is 5.16 Å². The third kappa shape index (κ3) is 6.41. The molecule has 1 aliphatic carbocycles. The average Bonchev–Trinajstić information content (AvgIpc) is 3.78. The topological polar surface area (TPSA) is 82.1 Å². The minimum Gasteiger partial charge on any atom is -0.492 e. The Morgan fingerprint density at radius 2 is 1.65 bits per heavy atom. The number of ether oxygens (including phenoxy) is 1. The van der Waals surface area contributed by atoms with Gasteiger partial charge in [-0.05, 0) is 31.9 Å². The first-order valence-electron chi connectivity index (χ1n) is 13.0. The molecular weight excluding hydrogens is 512 g/mol. The Morgan fingerprint density at radius 1 is 0.973 bits per heavy atom. The molecule has 1 aromatic carbocycles. The number of hydrogen-bond donors (Lipinski definition) is 0. The van der Waals surface area contributed by atoms with Crippen LogP contribution in [0.2, 0.25) is 5.15 Å². The van der Waals surface area contributed by atoms with Crippen molar-refractivity contribution < 1.29 is 14.3 Å². The molecule has 5 rings (SSSR count). The third-order valence-electron chi connectivity index (χ3n) is 6.97. The molecule has 0 unspecified atom stereocenters. The van der Waals surface area contributed by atoms with E-state index in [2.05, 4.69) is 25.8 Å². The summed E-state index contributed by atoms with van der Waals surface area (Å²) in [6.07, 6.45) is 2.05. The van der Waals surface area contributed by atoms with Gasteiger partial charge in [0.25, 0.3) is 0 Å². The van der Waals surface area contributed by atoms with Gasteiger partial charge in [-0.25, -0.2) is 9.97 Å². The molecule has 11 heteroatoms. The number of amides is 2. The van der Waals surface area contributed by atoms with Crippen LogP contribution in [-0.2, 0) is 9.59 Å². The molecule has 0 radical (unpaired) electrons. The van der Waals surface area contributed by atoms with Gasteiger partial charge >= 0.3 is 0 Å². The van der Waals surface area contributed by atoms with Crippen molar-refractivity contribution in [2.75, 3.05) is 74.5 Å². The molecule has 37 heavy (non-hydrogen) atoms. The fourth-order valence-electron chi connectivity index (χ4n) is 4.77. The van der Waals surface area contributed by atoms with Gasteiger partial charge in [0, 0.05) is 64.3 Å². The van der Waals surface area contributed by atoms with Crippen LogP contribution in [0.25, 0.3) is 0 Å². The number of carbonyl (C=O) groups is 2. The Morgan fingerprint density at radius 3 is 2.35 bits per heavy atom. The Bertz CT molecular complexity index is 1120. The Balaban J connectivity index is 1.12. The number of thioether (sulfide) groups is 1. The summed E-state index contributed by atoms with van der Waals surface area (Å²) < 4.78 is 5.77. The number of carbonyl (C=O) groups excluding carboxylic acids is 2. The second-order valence-electron chi connectivity index (χ2n) is 9.48. The van der Waals surface area contributed by atoms with Crippen molar-refractivity contribution in [1.82, 2.24) is 19.8 Å². The minimum atomic E-state index is 0.0695. The highest BCUT2D eigenvalue weighted by Crippen LogP contribution is 2.32. The molecule has 0 N–H and O–H groups in total. The van der Waals surface area contributed by atoms with Crippen LogP contribution in [0.3, 0.4) is 0 Å². The van der Waals surface area contributed by atoms with E-state index in [9.17, 15) is 9.59 Å². The normalized spacial score (nSPS) is 18.2. The van der Waals surface area contributed by atoms with E-state index in [1.807, 2.05) is 34.9 Å². The Hall–Kier alpha value is -2.72. The van der Waals surface area contributed by atoms with Gasteiger partial charge in [-0.3, -0.25) is 9.59 Å². The van der Waals surface area contributed by atoms with E-state index < -0.39 is 0 Å². The highest BCUT2D eigenvalue weighted by atomic mass is 35.5. The van der Waals surface area contributed by atoms with Gasteiger partial charge in [0.1, 0.15) is 16.7 Å². The van der Waals surface area contributed by atoms with E-state index in [-0.39, 0.29) is 23.5 Å². The predicted octanol–water partition coefficient (Wildman–Crippen LogP) is 3.03. The molecule has 0 bridgehead atoms. The number of rotatable bonds is 8. The zero-order valence-corrected chi connectivity index (χ0v) is 22.7. The van der Waals surface area contributed by atoms with E-state index in [1.165, 1.54) is 11.8 Å². The number of halogens is 1. The molecule has 2 aliphatic heterocycles. The van der Waals surface area contributed by atoms with Crippen LogP contribution in [0.15, 0.2) is 35.5 Å². The lowest BCUT2D eigenvalue weighted by molar-refractivity contribution is -0.133. The van der Waals surface area contributed by atoms with Gasteiger partial charge in [-0.15, -0.1) is 0 Å². The first-order chi connectivity index (χ1) is 18.0. The smallest absolute Gasteiger partial charge is 0.233 e. The standard InChI is InChI=1S/C26H33ClN6O3S/c1-2-36-21-6-4-3-5-20(21)30-9-13-32(14-10-30)24(34)18-37-26-28-22(27)17-23(29-26)31-11-15-33(16-12-31)25(35)19-7-8-19/h3-6,17,19H,2,7-16,18H2,1H3. The van der Waals surface area contributed by atoms with Crippen LogP contribution in [0, 0.1) is 5.92 Å². The van der Waals surface area contributed by atoms with Crippen LogP contribution >= 0.6 is 23.4 Å². The van der Waals surface area contributed by atoms with Gasteiger partial charge < -0.3 is 24.3 Å². The van der Waals surface area contributed by atoms with Gasteiger partial charge in [0.2, 0.25) is 11.8 Å². The number of benzene rings is 1. The molecule has 0 atom stereocenters. The molecule has 198 valence electrons. The van der Waals surface area contributed by atoms with Crippen LogP contribution in [-0.4, -0.2) is 96.3 Å². The van der Waals surface area contributed by atoms with Crippen LogP contribution in [0.5, 0.6) is 5.75 Å². The molecule has 3 heterocycles. The molecule has 1 aromatic heterocycles. The quantitative estimate of drug-likeness (QED) is 0.285. The number of nitrogens with zero attached hydrogens (tertiary/aromatic N) is 6. The first-order valence-corrected chi connectivity index (χ1v) is 14.3. The lowest BCUT2D eigenvalue weighted by Gasteiger charge is -2.36. The van der Waals surface area contributed by atoms with E-state index >= 15 is 0 Å². The minimum absolute atomic E-state index is 0.0695. The van der Waals surface area contributed by atoms with Gasteiger partial charge in [-0.2, -0.15) is 0 Å². The summed E-state index contributed by atoms with van der Waals surface area (Å²) in [4.78, 5) is 42.5. The van der Waals surface area contributed by atoms with Crippen molar-refractivity contribution in [2.24, 2.45) is 5.92 Å². The second kappa shape index (κ2) is 11.8. The third-order valence-corrected chi connectivity index (χ3v) is 7.99. The molecule has 9 nitrogen and oxygen atoms in total. The maximum Gasteiger partial charge on any atom is 0.233 e. The molecule has 1 saturated carbocycles. The van der Waals surface area contributed by atoms with Crippen molar-refractivity contribution in [3.05, 3.63) is 35.5 Å². The summed E-state index contributed by atoms with van der Waals surface area (Å²) in [6.45, 7) is 8.25. The van der Waals surface area contributed by atoms with E-state index in [1.54, 1.807) is 6.07 Å². The molecule has 3 fully saturated rings. The summed E-state index contributed by atoms with van der Waals surface area (Å²) in [5, 5.41) is 0.856. The second-order valence-corrected chi connectivity index (χ2v) is 10.8. The molecule has 2 amide bonds. The van der Waals surface area contributed by atoms with Crippen molar-refractivity contribution in [2.45, 2.75) is 24.9 Å². The number of para-hydroxylation sites is 2. The molecule has 2 saturated heterocycles. The van der Waals surface area contributed by atoms with E-state index in [0.29, 0.717) is 56.2 Å². The summed E-state index contributed by atoms with van der Waals surface area (Å²) in [6, 6.07) is 9.80. The number of piperazine rings is 2. The summed E-state index contributed by atoms with van der Waals surface area (Å²) in [5.74, 6) is 2.49. The SMILES string of the molecule is CCOc1ccccc1N1CCN(C(=O)CSc2nc(Cl)cc(N3CCN(C(=O)C4CC4)CC3)n2)CC1. The highest BCUT2D eigenvalue weighted by molar-refractivity contribution is 7.99. The fourth-order valence-corrected chi connectivity index (χ4v) is 5.75. The van der Waals surface area contributed by atoms with Crippen LogP contribution in [0.4, 0.5) is 11.5 Å². The largest absolute Gasteiger partial charge is 0.492 e. The van der Waals surface area contributed by atoms with Crippen molar-refractivity contribution in [3.8, 4) is 5.75 Å². The summed E-state index contributed by atoms with van der Waals surface area (Å²) in [7, 11) is 0. The molecule has 2 aromatic rings. The highest BCUT2D eigenvalue weighted by Gasteiger charge is 2.34. The Kier molecular flexibility index (Phi) is 8.24. The first kappa shape index (κ1) is 25.9. The van der Waals surface area contributed by atoms with Crippen molar-refractivity contribution >= 4 is 46.7 Å². The van der Waals surface area contributed by atoms with Gasteiger partial charge in [0.05, 0.1) is 18.0 Å². The average molecular weight is 545 g/mol. The maximum absolute atomic E-state index is 12.9. The van der Waals surface area contributed by atoms with E-state index in [4.69, 9.17) is 16.3 Å². The molecular formula is C26H33ClN6O3S. The summed E-state index contributed by atoms with van der Waals surface area (Å²) >= 11 is 7.62. The predicted molar refractivity (Wildman–Crippen MR) is 146 cm³/mol. The zero-order valence-electron chi connectivity index (χ0n) is 21.1. The molecule has 0 spiro atoms. The van der Waals surface area contributed by atoms with E-state index in [0.717, 1.165) is 43.2 Å². The molecule has 3 aliphatic rings. The monoisotopic (exact) mass is 544 g/mol. The van der Waals surface area contributed by atoms with Crippen LogP contribution in [0.1, 0.15) is 19.8 Å². The van der Waals surface area contributed by atoms with Gasteiger partial charge in [-0.1, -0.05) is 35.5 Å². The van der Waals surface area contributed by atoms with Crippen molar-refractivity contribution in [1.29, 1.82) is 0 Å².